The van der Waals surface area contributed by atoms with Gasteiger partial charge in [0.25, 0.3) is 0 Å². The molecule has 1 aliphatic heterocycles. The minimum absolute atomic E-state index is 0.0451. The van der Waals surface area contributed by atoms with Gasteiger partial charge in [0.2, 0.25) is 5.13 Å². The first-order chi connectivity index (χ1) is 14.1. The van der Waals surface area contributed by atoms with Crippen LogP contribution in [-0.2, 0) is 6.42 Å². The highest BCUT2D eigenvalue weighted by atomic mass is 32.1. The van der Waals surface area contributed by atoms with Gasteiger partial charge in [-0.3, -0.25) is 0 Å². The third-order valence-corrected chi connectivity index (χ3v) is 5.98. The zero-order valence-corrected chi connectivity index (χ0v) is 17.6. The number of hydrogen-bond donors (Lipinski definition) is 1. The van der Waals surface area contributed by atoms with Crippen molar-refractivity contribution in [1.29, 1.82) is 0 Å². The first-order valence-corrected chi connectivity index (χ1v) is 10.6. The van der Waals surface area contributed by atoms with Crippen molar-refractivity contribution in [2.24, 2.45) is 0 Å². The van der Waals surface area contributed by atoms with Gasteiger partial charge >= 0.3 is 6.03 Å². The van der Waals surface area contributed by atoms with Crippen molar-refractivity contribution < 1.29 is 4.79 Å². The molecular weight excluding hydrogens is 382 g/mol. The fourth-order valence-electron chi connectivity index (χ4n) is 3.34. The summed E-state index contributed by atoms with van der Waals surface area (Å²) < 4.78 is 4.52. The maximum Gasteiger partial charge on any atom is 0.321 e. The second-order valence-corrected chi connectivity index (χ2v) is 8.11. The normalized spacial score (nSPS) is 14.1. The van der Waals surface area contributed by atoms with E-state index in [0.29, 0.717) is 13.1 Å². The number of nitrogens with one attached hydrogen (secondary N) is 1. The van der Waals surface area contributed by atoms with Crippen molar-refractivity contribution in [3.63, 3.8) is 0 Å². The number of para-hydroxylation sites is 1. The quantitative estimate of drug-likeness (QED) is 0.707. The van der Waals surface area contributed by atoms with Crippen molar-refractivity contribution in [2.45, 2.75) is 20.3 Å². The molecule has 1 saturated heterocycles. The molecule has 0 aliphatic carbocycles. The Labute approximate surface area is 175 Å². The van der Waals surface area contributed by atoms with Gasteiger partial charge in [0.05, 0.1) is 0 Å². The zero-order chi connectivity index (χ0) is 20.2. The van der Waals surface area contributed by atoms with Crippen LogP contribution in [0, 0.1) is 13.8 Å². The second kappa shape index (κ2) is 8.61. The summed E-state index contributed by atoms with van der Waals surface area (Å²) in [4.78, 5) is 21.4. The molecule has 29 heavy (non-hydrogen) atoms. The third-order valence-electron chi connectivity index (χ3n) is 5.16. The van der Waals surface area contributed by atoms with E-state index < -0.39 is 0 Å². The average molecular weight is 408 g/mol. The minimum atomic E-state index is -0.0451. The van der Waals surface area contributed by atoms with E-state index in [9.17, 15) is 4.79 Å². The molecule has 2 heterocycles. The van der Waals surface area contributed by atoms with Crippen LogP contribution in [0.4, 0.5) is 15.6 Å². The molecule has 0 radical (unpaired) electrons. The van der Waals surface area contributed by atoms with Gasteiger partial charge < -0.3 is 15.1 Å². The highest BCUT2D eigenvalue weighted by molar-refractivity contribution is 7.09. The number of hydrogen-bond acceptors (Lipinski definition) is 5. The van der Waals surface area contributed by atoms with Gasteiger partial charge in [-0.2, -0.15) is 4.37 Å². The van der Waals surface area contributed by atoms with E-state index in [1.165, 1.54) is 22.7 Å². The lowest BCUT2D eigenvalue weighted by molar-refractivity contribution is 0.208. The number of carbonyl (C=O) groups excluding carboxylic acids is 1. The van der Waals surface area contributed by atoms with Gasteiger partial charge in [0, 0.05) is 49.8 Å². The topological polar surface area (TPSA) is 61.4 Å². The molecule has 0 atom stereocenters. The molecular formula is C22H25N5OS. The third kappa shape index (κ3) is 4.74. The summed E-state index contributed by atoms with van der Waals surface area (Å²) in [6.07, 6.45) is 0.746. The predicted molar refractivity (Wildman–Crippen MR) is 118 cm³/mol. The molecule has 0 saturated carbocycles. The fourth-order valence-corrected chi connectivity index (χ4v) is 4.08. The zero-order valence-electron chi connectivity index (χ0n) is 16.8. The standard InChI is InChI=1S/C22H25N5OS/c1-16-7-9-18(10-8-16)15-20-24-22(29-25-20)27-13-11-26(12-14-27)21(28)23-19-6-4-3-5-17(19)2/h3-10H,11-15H2,1-2H3,(H,23,28). The molecule has 1 N–H and O–H groups in total. The van der Waals surface area contributed by atoms with Crippen molar-refractivity contribution in [1.82, 2.24) is 14.3 Å². The van der Waals surface area contributed by atoms with Gasteiger partial charge in [-0.1, -0.05) is 48.0 Å². The lowest BCUT2D eigenvalue weighted by Crippen LogP contribution is -2.50. The Morgan fingerprint density at radius 2 is 1.76 bits per heavy atom. The summed E-state index contributed by atoms with van der Waals surface area (Å²) >= 11 is 1.44. The molecule has 0 spiro atoms. The van der Waals surface area contributed by atoms with Crippen molar-refractivity contribution in [3.8, 4) is 0 Å². The molecule has 1 aliphatic rings. The fraction of sp³-hybridized carbons (Fsp3) is 0.318. The van der Waals surface area contributed by atoms with Crippen LogP contribution in [-0.4, -0.2) is 46.5 Å². The number of aromatic nitrogens is 2. The van der Waals surface area contributed by atoms with E-state index in [4.69, 9.17) is 4.98 Å². The molecule has 1 aromatic heterocycles. The van der Waals surface area contributed by atoms with Crippen molar-refractivity contribution in [3.05, 3.63) is 71.0 Å². The Morgan fingerprint density at radius 1 is 1.03 bits per heavy atom. The monoisotopic (exact) mass is 407 g/mol. The molecule has 7 heteroatoms. The highest BCUT2D eigenvalue weighted by Crippen LogP contribution is 2.21. The number of urea groups is 1. The highest BCUT2D eigenvalue weighted by Gasteiger charge is 2.23. The number of anilines is 2. The van der Waals surface area contributed by atoms with Gasteiger partial charge in [0.15, 0.2) is 0 Å². The maximum absolute atomic E-state index is 12.6. The van der Waals surface area contributed by atoms with Crippen LogP contribution in [0.1, 0.15) is 22.5 Å². The van der Waals surface area contributed by atoms with Gasteiger partial charge in [-0.15, -0.1) is 0 Å². The van der Waals surface area contributed by atoms with E-state index in [-0.39, 0.29) is 6.03 Å². The molecule has 2 amide bonds. The van der Waals surface area contributed by atoms with Gasteiger partial charge in [0.1, 0.15) is 5.82 Å². The van der Waals surface area contributed by atoms with Crippen LogP contribution in [0.5, 0.6) is 0 Å². The maximum atomic E-state index is 12.6. The van der Waals surface area contributed by atoms with Crippen molar-refractivity contribution in [2.75, 3.05) is 36.4 Å². The molecule has 2 aromatic carbocycles. The summed E-state index contributed by atoms with van der Waals surface area (Å²) in [5.74, 6) is 0.855. The van der Waals surface area contributed by atoms with E-state index >= 15 is 0 Å². The largest absolute Gasteiger partial charge is 0.343 e. The Kier molecular flexibility index (Phi) is 5.76. The summed E-state index contributed by atoms with van der Waals surface area (Å²) in [5, 5.41) is 3.95. The minimum Gasteiger partial charge on any atom is -0.343 e. The van der Waals surface area contributed by atoms with Crippen LogP contribution in [0.2, 0.25) is 0 Å². The molecule has 4 rings (SSSR count). The summed E-state index contributed by atoms with van der Waals surface area (Å²) in [6.45, 7) is 6.96. The average Bonchev–Trinajstić information content (AvgIpc) is 3.20. The molecule has 0 bridgehead atoms. The number of aryl methyl sites for hydroxylation is 2. The van der Waals surface area contributed by atoms with E-state index in [2.05, 4.69) is 45.8 Å². The first kappa shape index (κ1) is 19.4. The molecule has 0 unspecified atom stereocenters. The van der Waals surface area contributed by atoms with E-state index in [1.54, 1.807) is 0 Å². The SMILES string of the molecule is Cc1ccc(Cc2nsc(N3CCN(C(=O)Nc4ccccc4C)CC3)n2)cc1. The van der Waals surface area contributed by atoms with Crippen LogP contribution in [0.15, 0.2) is 48.5 Å². The Balaban J connectivity index is 1.31. The summed E-state index contributed by atoms with van der Waals surface area (Å²) in [5.41, 5.74) is 4.40. The van der Waals surface area contributed by atoms with Crippen LogP contribution >= 0.6 is 11.5 Å². The molecule has 6 nitrogen and oxygen atoms in total. The second-order valence-electron chi connectivity index (χ2n) is 7.37. The number of benzene rings is 2. The lowest BCUT2D eigenvalue weighted by Gasteiger charge is -2.34. The Hall–Kier alpha value is -2.93. The molecule has 150 valence electrons. The Bertz CT molecular complexity index is 977. The van der Waals surface area contributed by atoms with Gasteiger partial charge in [-0.05, 0) is 31.0 Å². The number of rotatable bonds is 4. The Morgan fingerprint density at radius 3 is 2.48 bits per heavy atom. The number of nitrogens with zero attached hydrogens (tertiary/aromatic N) is 4. The lowest BCUT2D eigenvalue weighted by atomic mass is 10.1. The number of amides is 2. The summed E-state index contributed by atoms with van der Waals surface area (Å²) in [6, 6.07) is 16.3. The molecule has 3 aromatic rings. The van der Waals surface area contributed by atoms with Crippen molar-refractivity contribution >= 4 is 28.4 Å². The molecule has 1 fully saturated rings. The van der Waals surface area contributed by atoms with E-state index in [1.807, 2.05) is 36.1 Å². The number of piperazine rings is 1. The smallest absolute Gasteiger partial charge is 0.321 e. The summed E-state index contributed by atoms with van der Waals surface area (Å²) in [7, 11) is 0. The van der Waals surface area contributed by atoms with Crippen LogP contribution in [0.3, 0.4) is 0 Å². The van der Waals surface area contributed by atoms with Crippen LogP contribution < -0.4 is 10.2 Å². The van der Waals surface area contributed by atoms with Crippen LogP contribution in [0.25, 0.3) is 0 Å². The van der Waals surface area contributed by atoms with Gasteiger partial charge in [-0.25, -0.2) is 9.78 Å². The predicted octanol–water partition coefficient (Wildman–Crippen LogP) is 4.10. The van der Waals surface area contributed by atoms with E-state index in [0.717, 1.165) is 41.7 Å². The first-order valence-electron chi connectivity index (χ1n) is 9.83. The number of carbonyl (C=O) groups is 1.